The summed E-state index contributed by atoms with van der Waals surface area (Å²) in [6.07, 6.45) is 1.01. The molecule has 6 heteroatoms. The first-order valence-electron chi connectivity index (χ1n) is 3.04. The van der Waals surface area contributed by atoms with Gasteiger partial charge >= 0.3 is 11.9 Å². The minimum atomic E-state index is -1.17. The Morgan fingerprint density at radius 3 is 2.08 bits per heavy atom. The summed E-state index contributed by atoms with van der Waals surface area (Å²) in [6, 6.07) is 2.34. The summed E-state index contributed by atoms with van der Waals surface area (Å²) in [5.74, 6) is -2.30. The molecule has 0 fully saturated rings. The molecule has 0 aromatic carbocycles. The molecule has 2 N–H and O–H groups in total. The van der Waals surface area contributed by atoms with Gasteiger partial charge in [0.2, 0.25) is 0 Å². The van der Waals surface area contributed by atoms with Crippen molar-refractivity contribution in [2.45, 2.75) is 0 Å². The van der Waals surface area contributed by atoms with Crippen LogP contribution in [0.4, 0.5) is 0 Å². The summed E-state index contributed by atoms with van der Waals surface area (Å²) < 4.78 is 0. The molecule has 1 aromatic rings. The van der Waals surface area contributed by atoms with Crippen molar-refractivity contribution in [1.82, 2.24) is 4.98 Å². The summed E-state index contributed by atoms with van der Waals surface area (Å²) in [4.78, 5) is 24.0. The van der Waals surface area contributed by atoms with Crippen molar-refractivity contribution in [2.24, 2.45) is 0 Å². The van der Waals surface area contributed by atoms with Crippen LogP contribution in [0.1, 0.15) is 20.8 Å². The van der Waals surface area contributed by atoms with Gasteiger partial charge in [0.15, 0.2) is 0 Å². The van der Waals surface area contributed by atoms with Crippen LogP contribution in [0.5, 0.6) is 0 Å². The minimum absolute atomic E-state index is 0. The Morgan fingerprint density at radius 1 is 1.15 bits per heavy atom. The van der Waals surface area contributed by atoms with Gasteiger partial charge in [-0.05, 0) is 12.1 Å². The van der Waals surface area contributed by atoms with Gasteiger partial charge < -0.3 is 10.2 Å². The molecule has 1 heterocycles. The van der Waals surface area contributed by atoms with Gasteiger partial charge in [-0.25, -0.2) is 14.6 Å². The molecule has 1 radical (unpaired) electrons. The maximum absolute atomic E-state index is 10.3. The molecule has 0 saturated carbocycles. The van der Waals surface area contributed by atoms with E-state index < -0.39 is 11.9 Å². The quantitative estimate of drug-likeness (QED) is 0.710. The van der Waals surface area contributed by atoms with E-state index >= 15 is 0 Å². The molecular formula is C7H5MnNO4. The van der Waals surface area contributed by atoms with Crippen molar-refractivity contribution >= 4 is 11.9 Å². The smallest absolute Gasteiger partial charge is 0.354 e. The molecule has 0 aliphatic carbocycles. The number of aromatic carboxylic acids is 2. The molecule has 0 bridgehead atoms. The SMILES string of the molecule is O=C(O)c1ccc(C(=O)O)nc1.[Mn]. The van der Waals surface area contributed by atoms with Crippen molar-refractivity contribution in [3.05, 3.63) is 29.6 Å². The number of nitrogens with zero attached hydrogens (tertiary/aromatic N) is 1. The molecule has 0 saturated heterocycles. The second-order valence-electron chi connectivity index (χ2n) is 2.04. The van der Waals surface area contributed by atoms with Crippen LogP contribution in [0.25, 0.3) is 0 Å². The number of carboxylic acids is 2. The molecule has 0 amide bonds. The molecule has 0 aliphatic heterocycles. The van der Waals surface area contributed by atoms with E-state index in [2.05, 4.69) is 4.98 Å². The Morgan fingerprint density at radius 2 is 1.77 bits per heavy atom. The second kappa shape index (κ2) is 4.59. The topological polar surface area (TPSA) is 87.5 Å². The van der Waals surface area contributed by atoms with Gasteiger partial charge in [-0.1, -0.05) is 0 Å². The fourth-order valence-corrected chi connectivity index (χ4v) is 0.647. The summed E-state index contributed by atoms with van der Waals surface area (Å²) in [7, 11) is 0. The van der Waals surface area contributed by atoms with E-state index in [1.54, 1.807) is 0 Å². The largest absolute Gasteiger partial charge is 0.478 e. The van der Waals surface area contributed by atoms with Crippen molar-refractivity contribution < 1.29 is 36.9 Å². The predicted molar refractivity (Wildman–Crippen MR) is 38.2 cm³/mol. The molecular weight excluding hydrogens is 217 g/mol. The standard InChI is InChI=1S/C7H5NO4.Mn/c9-6(10)4-1-2-5(7(11)12)8-3-4;/h1-3H,(H,9,10)(H,11,12);. The van der Waals surface area contributed by atoms with Gasteiger partial charge in [0.05, 0.1) is 5.56 Å². The van der Waals surface area contributed by atoms with Crippen LogP contribution in [0.2, 0.25) is 0 Å². The predicted octanol–water partition coefficient (Wildman–Crippen LogP) is 0.475. The van der Waals surface area contributed by atoms with Crippen molar-refractivity contribution in [1.29, 1.82) is 0 Å². The van der Waals surface area contributed by atoms with Crippen LogP contribution in [-0.4, -0.2) is 27.1 Å². The summed E-state index contributed by atoms with van der Waals surface area (Å²) in [5.41, 5.74) is -0.194. The Kier molecular flexibility index (Phi) is 4.10. The van der Waals surface area contributed by atoms with Gasteiger partial charge in [-0.2, -0.15) is 0 Å². The van der Waals surface area contributed by atoms with Gasteiger partial charge in [0, 0.05) is 23.3 Å². The zero-order valence-electron chi connectivity index (χ0n) is 6.27. The van der Waals surface area contributed by atoms with E-state index in [0.29, 0.717) is 0 Å². The summed E-state index contributed by atoms with van der Waals surface area (Å²) in [5, 5.41) is 16.8. The van der Waals surface area contributed by atoms with E-state index in [1.165, 1.54) is 6.07 Å². The van der Waals surface area contributed by atoms with Crippen LogP contribution < -0.4 is 0 Å². The third-order valence-corrected chi connectivity index (χ3v) is 1.23. The molecule has 1 aromatic heterocycles. The Labute approximate surface area is 83.9 Å². The maximum atomic E-state index is 10.3. The number of rotatable bonds is 2. The fourth-order valence-electron chi connectivity index (χ4n) is 0.647. The van der Waals surface area contributed by atoms with E-state index in [0.717, 1.165) is 12.3 Å². The average molecular weight is 222 g/mol. The third-order valence-electron chi connectivity index (χ3n) is 1.23. The fraction of sp³-hybridized carbons (Fsp3) is 0. The molecule has 5 nitrogen and oxygen atoms in total. The third kappa shape index (κ3) is 2.85. The Hall–Kier alpha value is -1.39. The van der Waals surface area contributed by atoms with E-state index in [-0.39, 0.29) is 28.3 Å². The molecule has 0 spiro atoms. The zero-order chi connectivity index (χ0) is 9.14. The molecule has 1 rings (SSSR count). The van der Waals surface area contributed by atoms with Gasteiger partial charge in [0.1, 0.15) is 5.69 Å². The minimum Gasteiger partial charge on any atom is -0.478 e. The summed E-state index contributed by atoms with van der Waals surface area (Å²) >= 11 is 0. The molecule has 69 valence electrons. The first-order chi connectivity index (χ1) is 5.61. The van der Waals surface area contributed by atoms with Crippen molar-refractivity contribution in [3.63, 3.8) is 0 Å². The molecule has 0 aliphatic rings. The van der Waals surface area contributed by atoms with Gasteiger partial charge in [-0.15, -0.1) is 0 Å². The molecule has 0 atom stereocenters. The van der Waals surface area contributed by atoms with Crippen LogP contribution >= 0.6 is 0 Å². The van der Waals surface area contributed by atoms with E-state index in [9.17, 15) is 9.59 Å². The molecule has 0 unspecified atom stereocenters. The van der Waals surface area contributed by atoms with Crippen LogP contribution in [0.3, 0.4) is 0 Å². The van der Waals surface area contributed by atoms with Crippen molar-refractivity contribution in [2.75, 3.05) is 0 Å². The maximum Gasteiger partial charge on any atom is 0.354 e. The first-order valence-corrected chi connectivity index (χ1v) is 3.04. The van der Waals surface area contributed by atoms with Crippen LogP contribution in [0.15, 0.2) is 18.3 Å². The molecule has 13 heavy (non-hydrogen) atoms. The number of aromatic nitrogens is 1. The van der Waals surface area contributed by atoms with Crippen molar-refractivity contribution in [3.8, 4) is 0 Å². The average Bonchev–Trinajstić information content (AvgIpc) is 2.04. The normalized spacial score (nSPS) is 8.62. The number of hydrogen-bond acceptors (Lipinski definition) is 3. The van der Waals surface area contributed by atoms with Gasteiger partial charge in [0.25, 0.3) is 0 Å². The number of pyridine rings is 1. The first kappa shape index (κ1) is 11.6. The van der Waals surface area contributed by atoms with Crippen LogP contribution in [0, 0.1) is 0 Å². The Balaban J connectivity index is 0.00000144. The van der Waals surface area contributed by atoms with E-state index in [4.69, 9.17) is 10.2 Å². The zero-order valence-corrected chi connectivity index (χ0v) is 7.45. The number of hydrogen-bond donors (Lipinski definition) is 2. The monoisotopic (exact) mass is 222 g/mol. The van der Waals surface area contributed by atoms with Crippen LogP contribution in [-0.2, 0) is 17.1 Å². The Bertz CT molecular complexity index is 289. The number of carbonyl (C=O) groups is 2. The number of carboxylic acid groups (broad SMARTS) is 2. The summed E-state index contributed by atoms with van der Waals surface area (Å²) in [6.45, 7) is 0. The van der Waals surface area contributed by atoms with Gasteiger partial charge in [-0.3, -0.25) is 0 Å². The second-order valence-corrected chi connectivity index (χ2v) is 2.04. The van der Waals surface area contributed by atoms with E-state index in [1.807, 2.05) is 0 Å².